The van der Waals surface area contributed by atoms with Gasteiger partial charge < -0.3 is 0 Å². The van der Waals surface area contributed by atoms with E-state index < -0.39 is 0 Å². The average molecular weight is 280 g/mol. The third-order valence-electron chi connectivity index (χ3n) is 2.30. The highest BCUT2D eigenvalue weighted by atomic mass is 79.9. The van der Waals surface area contributed by atoms with E-state index in [4.69, 9.17) is 0 Å². The van der Waals surface area contributed by atoms with Gasteiger partial charge in [-0.1, -0.05) is 26.8 Å². The van der Waals surface area contributed by atoms with Crippen molar-refractivity contribution in [1.82, 2.24) is 14.8 Å². The zero-order valence-corrected chi connectivity index (χ0v) is 11.2. The van der Waals surface area contributed by atoms with Gasteiger partial charge in [-0.15, -0.1) is 0 Å². The first-order valence-corrected chi connectivity index (χ1v) is 5.95. The molecule has 3 nitrogen and oxygen atoms in total. The Hall–Kier alpha value is -1.16. The molecule has 2 rings (SSSR count). The predicted octanol–water partition coefficient (Wildman–Crippen LogP) is 3.33. The fraction of sp³-hybridized carbons (Fsp3) is 0.333. The van der Waals surface area contributed by atoms with E-state index in [1.54, 1.807) is 10.9 Å². The summed E-state index contributed by atoms with van der Waals surface area (Å²) >= 11 is 3.51. The molecule has 0 N–H and O–H groups in total. The number of nitrogens with zero attached hydrogens (tertiary/aromatic N) is 3. The molecule has 0 spiro atoms. The lowest BCUT2D eigenvalue weighted by molar-refractivity contribution is 0.559. The van der Waals surface area contributed by atoms with Crippen LogP contribution in [0.2, 0.25) is 0 Å². The quantitative estimate of drug-likeness (QED) is 0.802. The predicted molar refractivity (Wildman–Crippen MR) is 67.8 cm³/mol. The van der Waals surface area contributed by atoms with Crippen LogP contribution >= 0.6 is 15.9 Å². The highest BCUT2D eigenvalue weighted by Gasteiger charge is 2.19. The molecule has 2 aromatic heterocycles. The van der Waals surface area contributed by atoms with Gasteiger partial charge in [-0.3, -0.25) is 0 Å². The maximum Gasteiger partial charge on any atom is 0.154 e. The molecule has 0 aliphatic rings. The van der Waals surface area contributed by atoms with E-state index in [1.807, 2.05) is 24.3 Å². The van der Waals surface area contributed by atoms with Crippen LogP contribution in [0, 0.1) is 0 Å². The Morgan fingerprint density at radius 1 is 1.25 bits per heavy atom. The molecule has 0 radical (unpaired) electrons. The standard InChI is InChI=1S/C12H14BrN3/c1-12(2,3)9-8-10(13)16(15-9)11-6-4-5-7-14-11/h4-8H,1-3H3. The summed E-state index contributed by atoms with van der Waals surface area (Å²) < 4.78 is 2.73. The minimum absolute atomic E-state index is 0.0442. The number of halogens is 1. The maximum atomic E-state index is 4.56. The molecule has 0 bridgehead atoms. The Balaban J connectivity index is 2.48. The van der Waals surface area contributed by atoms with E-state index in [0.717, 1.165) is 16.1 Å². The highest BCUT2D eigenvalue weighted by molar-refractivity contribution is 9.10. The molecule has 0 saturated carbocycles. The Labute approximate surface area is 104 Å². The van der Waals surface area contributed by atoms with Crippen molar-refractivity contribution in [3.8, 4) is 5.82 Å². The second-order valence-electron chi connectivity index (χ2n) is 4.70. The summed E-state index contributed by atoms with van der Waals surface area (Å²) in [5, 5.41) is 4.56. The van der Waals surface area contributed by atoms with Gasteiger partial charge in [-0.2, -0.15) is 5.10 Å². The van der Waals surface area contributed by atoms with E-state index in [2.05, 4.69) is 46.8 Å². The molecular formula is C12H14BrN3. The van der Waals surface area contributed by atoms with E-state index >= 15 is 0 Å². The summed E-state index contributed by atoms with van der Waals surface area (Å²) in [4.78, 5) is 4.28. The SMILES string of the molecule is CC(C)(C)c1cc(Br)n(-c2ccccn2)n1. The highest BCUT2D eigenvalue weighted by Crippen LogP contribution is 2.25. The van der Waals surface area contributed by atoms with Crippen molar-refractivity contribution in [2.75, 3.05) is 0 Å². The molecule has 0 unspecified atom stereocenters. The Morgan fingerprint density at radius 3 is 2.50 bits per heavy atom. The van der Waals surface area contributed by atoms with Crippen LogP contribution in [0.1, 0.15) is 26.5 Å². The van der Waals surface area contributed by atoms with Crippen LogP contribution in [0.3, 0.4) is 0 Å². The van der Waals surface area contributed by atoms with Crippen LogP contribution in [0.15, 0.2) is 35.1 Å². The smallest absolute Gasteiger partial charge is 0.154 e. The van der Waals surface area contributed by atoms with Crippen molar-refractivity contribution in [2.45, 2.75) is 26.2 Å². The first-order chi connectivity index (χ1) is 7.48. The zero-order valence-electron chi connectivity index (χ0n) is 9.61. The number of aromatic nitrogens is 3. The number of hydrogen-bond donors (Lipinski definition) is 0. The fourth-order valence-electron chi connectivity index (χ4n) is 1.36. The molecular weight excluding hydrogens is 266 g/mol. The van der Waals surface area contributed by atoms with E-state index in [1.165, 1.54) is 0 Å². The molecule has 0 atom stereocenters. The molecule has 84 valence electrons. The molecule has 0 aliphatic carbocycles. The molecule has 4 heteroatoms. The Bertz CT molecular complexity index is 483. The summed E-state index contributed by atoms with van der Waals surface area (Å²) in [5.74, 6) is 0.824. The monoisotopic (exact) mass is 279 g/mol. The zero-order chi connectivity index (χ0) is 11.8. The van der Waals surface area contributed by atoms with Gasteiger partial charge in [0.05, 0.1) is 5.69 Å². The van der Waals surface area contributed by atoms with Gasteiger partial charge in [-0.05, 0) is 34.1 Å². The summed E-state index contributed by atoms with van der Waals surface area (Å²) in [6.45, 7) is 6.43. The molecule has 0 fully saturated rings. The summed E-state index contributed by atoms with van der Waals surface area (Å²) in [6.07, 6.45) is 1.76. The number of hydrogen-bond acceptors (Lipinski definition) is 2. The van der Waals surface area contributed by atoms with E-state index in [0.29, 0.717) is 0 Å². The summed E-state index contributed by atoms with van der Waals surface area (Å²) in [7, 11) is 0. The van der Waals surface area contributed by atoms with Crippen LogP contribution in [-0.4, -0.2) is 14.8 Å². The lowest BCUT2D eigenvalue weighted by atomic mass is 9.93. The first kappa shape index (κ1) is 11.3. The van der Waals surface area contributed by atoms with E-state index in [-0.39, 0.29) is 5.41 Å². The van der Waals surface area contributed by atoms with Gasteiger partial charge in [0.1, 0.15) is 4.60 Å². The van der Waals surface area contributed by atoms with Crippen molar-refractivity contribution in [3.63, 3.8) is 0 Å². The first-order valence-electron chi connectivity index (χ1n) is 5.16. The van der Waals surface area contributed by atoms with Gasteiger partial charge in [-0.25, -0.2) is 9.67 Å². The van der Waals surface area contributed by atoms with Gasteiger partial charge in [0.25, 0.3) is 0 Å². The van der Waals surface area contributed by atoms with Crippen molar-refractivity contribution in [2.24, 2.45) is 0 Å². The van der Waals surface area contributed by atoms with Crippen LogP contribution in [0.25, 0.3) is 5.82 Å². The third kappa shape index (κ3) is 2.16. The molecule has 2 heterocycles. The van der Waals surface area contributed by atoms with Gasteiger partial charge >= 0.3 is 0 Å². The fourth-order valence-corrected chi connectivity index (χ4v) is 1.84. The van der Waals surface area contributed by atoms with E-state index in [9.17, 15) is 0 Å². The van der Waals surface area contributed by atoms with Crippen LogP contribution in [-0.2, 0) is 5.41 Å². The topological polar surface area (TPSA) is 30.7 Å². The Kier molecular flexibility index (Phi) is 2.84. The summed E-state index contributed by atoms with van der Waals surface area (Å²) in [5.41, 5.74) is 1.09. The molecule has 0 amide bonds. The van der Waals surface area contributed by atoms with Gasteiger partial charge in [0.2, 0.25) is 0 Å². The molecule has 16 heavy (non-hydrogen) atoms. The maximum absolute atomic E-state index is 4.56. The molecule has 2 aromatic rings. The second kappa shape index (κ2) is 4.01. The Morgan fingerprint density at radius 2 is 2.00 bits per heavy atom. The second-order valence-corrected chi connectivity index (χ2v) is 5.51. The van der Waals surface area contributed by atoms with Gasteiger partial charge in [0, 0.05) is 11.6 Å². The lowest BCUT2D eigenvalue weighted by Gasteiger charge is -2.14. The minimum Gasteiger partial charge on any atom is -0.237 e. The molecule has 0 saturated heterocycles. The minimum atomic E-state index is 0.0442. The average Bonchev–Trinajstić information content (AvgIpc) is 2.61. The number of pyridine rings is 1. The van der Waals surface area contributed by atoms with Gasteiger partial charge in [0.15, 0.2) is 5.82 Å². The largest absolute Gasteiger partial charge is 0.237 e. The third-order valence-corrected chi connectivity index (χ3v) is 2.87. The normalized spacial score (nSPS) is 11.8. The van der Waals surface area contributed by atoms with Crippen LogP contribution in [0.5, 0.6) is 0 Å². The van der Waals surface area contributed by atoms with Crippen molar-refractivity contribution < 1.29 is 0 Å². The molecule has 0 aromatic carbocycles. The molecule has 0 aliphatic heterocycles. The van der Waals surface area contributed by atoms with Crippen molar-refractivity contribution >= 4 is 15.9 Å². The number of rotatable bonds is 1. The van der Waals surface area contributed by atoms with Crippen molar-refractivity contribution in [3.05, 3.63) is 40.8 Å². The van der Waals surface area contributed by atoms with Crippen molar-refractivity contribution in [1.29, 1.82) is 0 Å². The lowest BCUT2D eigenvalue weighted by Crippen LogP contribution is -2.12. The summed E-state index contributed by atoms with van der Waals surface area (Å²) in [6, 6.07) is 7.82. The van der Waals surface area contributed by atoms with Crippen LogP contribution in [0.4, 0.5) is 0 Å². The van der Waals surface area contributed by atoms with Crippen LogP contribution < -0.4 is 0 Å².